The lowest BCUT2D eigenvalue weighted by Gasteiger charge is -2.45. The van der Waals surface area contributed by atoms with Crippen molar-refractivity contribution >= 4 is 78.8 Å². The highest BCUT2D eigenvalue weighted by molar-refractivity contribution is 7.00. The molecule has 7 aromatic rings. The molecule has 0 N–H and O–H groups in total. The van der Waals surface area contributed by atoms with E-state index < -0.39 is 0 Å². The molecule has 0 saturated carbocycles. The average molecular weight is 699 g/mol. The average Bonchev–Trinajstić information content (AvgIpc) is 3.59. The number of anilines is 6. The summed E-state index contributed by atoms with van der Waals surface area (Å²) in [6.07, 6.45) is 5.78. The standard InChI is InChI=1S/C51H47BN2/c1-50(2,3)35-23-25-39-45(29-35)53(41-27-21-33-12-7-11-31-13-8-15-37(41)47(31)33)43-17-10-18-44-49(43)52(39)40-26-24-36(51(4,5)6)30-46(40)54(44)42-28-22-34-20-19-32-14-9-16-38(42)48(32)34/h8-10,13-18,21-30H,7,11-12,19-20H2,1-6H3. The SMILES string of the molecule is CC(C)(C)c1ccc2c(c1)N(c1ccc3c4c(cccc14)CCC3)c1cccc3c1B2c1ccc(C(C)(C)C)cc1N3c1ccc2c3c(cccc13)CC2. The summed E-state index contributed by atoms with van der Waals surface area (Å²) in [4.78, 5) is 5.27. The van der Waals surface area contributed by atoms with Crippen LogP contribution in [0.4, 0.5) is 34.1 Å². The predicted molar refractivity (Wildman–Crippen MR) is 232 cm³/mol. The predicted octanol–water partition coefficient (Wildman–Crippen LogP) is 11.3. The number of benzene rings is 7. The fourth-order valence-electron chi connectivity index (χ4n) is 10.4. The van der Waals surface area contributed by atoms with Crippen LogP contribution < -0.4 is 26.2 Å². The van der Waals surface area contributed by atoms with Gasteiger partial charge in [0.25, 0.3) is 6.71 Å². The summed E-state index contributed by atoms with van der Waals surface area (Å²) in [5.74, 6) is 0. The van der Waals surface area contributed by atoms with Crippen LogP contribution in [0.25, 0.3) is 21.5 Å². The lowest BCUT2D eigenvalue weighted by molar-refractivity contribution is 0.590. The molecule has 0 fully saturated rings. The Hall–Kier alpha value is -5.28. The smallest absolute Gasteiger partial charge is 0.252 e. The number of hydrogen-bond donors (Lipinski definition) is 0. The monoisotopic (exact) mass is 698 g/mol. The van der Waals surface area contributed by atoms with Crippen molar-refractivity contribution in [1.82, 2.24) is 0 Å². The van der Waals surface area contributed by atoms with E-state index in [0.29, 0.717) is 0 Å². The molecule has 3 heteroatoms. The third-order valence-corrected chi connectivity index (χ3v) is 13.1. The molecule has 0 radical (unpaired) electrons. The number of fused-ring (bicyclic) bond motifs is 4. The first-order valence-electron chi connectivity index (χ1n) is 20.2. The van der Waals surface area contributed by atoms with E-state index in [1.165, 1.54) is 112 Å². The van der Waals surface area contributed by atoms with Gasteiger partial charge in [0.2, 0.25) is 0 Å². The second-order valence-corrected chi connectivity index (χ2v) is 18.4. The van der Waals surface area contributed by atoms with Crippen molar-refractivity contribution in [3.63, 3.8) is 0 Å². The molecule has 2 aliphatic heterocycles. The molecule has 4 aliphatic rings. The first kappa shape index (κ1) is 32.2. The Balaban J connectivity index is 1.25. The van der Waals surface area contributed by atoms with Crippen LogP contribution in [0.1, 0.15) is 81.3 Å². The molecule has 264 valence electrons. The molecular weight excluding hydrogens is 651 g/mol. The van der Waals surface area contributed by atoms with Gasteiger partial charge in [-0.15, -0.1) is 0 Å². The summed E-state index contributed by atoms with van der Waals surface area (Å²) in [6.45, 7) is 14.2. The molecule has 0 saturated heterocycles. The lowest BCUT2D eigenvalue weighted by Crippen LogP contribution is -2.61. The molecule has 0 amide bonds. The third-order valence-electron chi connectivity index (χ3n) is 13.1. The summed E-state index contributed by atoms with van der Waals surface area (Å²) >= 11 is 0. The van der Waals surface area contributed by atoms with E-state index in [-0.39, 0.29) is 17.5 Å². The highest BCUT2D eigenvalue weighted by atomic mass is 15.2. The minimum atomic E-state index is 0.0153. The van der Waals surface area contributed by atoms with Gasteiger partial charge >= 0.3 is 0 Å². The first-order valence-corrected chi connectivity index (χ1v) is 20.2. The van der Waals surface area contributed by atoms with Crippen LogP contribution in [0, 0.1) is 0 Å². The van der Waals surface area contributed by atoms with E-state index in [0.717, 1.165) is 25.7 Å². The van der Waals surface area contributed by atoms with Crippen molar-refractivity contribution in [2.24, 2.45) is 0 Å². The maximum absolute atomic E-state index is 2.64. The van der Waals surface area contributed by atoms with E-state index in [9.17, 15) is 0 Å². The molecule has 54 heavy (non-hydrogen) atoms. The quantitative estimate of drug-likeness (QED) is 0.166. The molecule has 0 atom stereocenters. The van der Waals surface area contributed by atoms with Crippen LogP contribution >= 0.6 is 0 Å². The molecule has 2 heterocycles. The summed E-state index contributed by atoms with van der Waals surface area (Å²) < 4.78 is 0. The molecular formula is C51H47BN2. The Kier molecular flexibility index (Phi) is 6.64. The van der Waals surface area contributed by atoms with Crippen molar-refractivity contribution in [1.29, 1.82) is 0 Å². The largest absolute Gasteiger partial charge is 0.311 e. The second kappa shape index (κ2) is 11.1. The zero-order valence-electron chi connectivity index (χ0n) is 32.5. The van der Waals surface area contributed by atoms with Crippen LogP contribution in [0.15, 0.2) is 115 Å². The molecule has 7 aromatic carbocycles. The van der Waals surface area contributed by atoms with E-state index in [1.807, 2.05) is 0 Å². The third kappa shape index (κ3) is 4.48. The Morgan fingerprint density at radius 1 is 0.426 bits per heavy atom. The van der Waals surface area contributed by atoms with Crippen LogP contribution in [-0.4, -0.2) is 6.71 Å². The van der Waals surface area contributed by atoms with Crippen molar-refractivity contribution in [3.05, 3.63) is 149 Å². The van der Waals surface area contributed by atoms with Gasteiger partial charge in [-0.1, -0.05) is 120 Å². The maximum atomic E-state index is 2.64. The zero-order chi connectivity index (χ0) is 36.7. The van der Waals surface area contributed by atoms with Gasteiger partial charge in [-0.25, -0.2) is 0 Å². The highest BCUT2D eigenvalue weighted by Crippen LogP contribution is 2.49. The van der Waals surface area contributed by atoms with Gasteiger partial charge in [0, 0.05) is 33.5 Å². The van der Waals surface area contributed by atoms with E-state index in [2.05, 4.69) is 167 Å². The molecule has 11 rings (SSSR count). The second-order valence-electron chi connectivity index (χ2n) is 18.4. The van der Waals surface area contributed by atoms with Gasteiger partial charge in [-0.3, -0.25) is 0 Å². The summed E-state index contributed by atoms with van der Waals surface area (Å²) in [5, 5.41) is 5.65. The van der Waals surface area contributed by atoms with Gasteiger partial charge in [0.1, 0.15) is 0 Å². The van der Waals surface area contributed by atoms with Crippen molar-refractivity contribution in [2.45, 2.75) is 84.5 Å². The summed E-state index contributed by atoms with van der Waals surface area (Å²) in [5.41, 5.74) is 20.6. The molecule has 0 aromatic heterocycles. The van der Waals surface area contributed by atoms with Gasteiger partial charge in [-0.05, 0) is 140 Å². The molecule has 0 spiro atoms. The number of rotatable bonds is 2. The van der Waals surface area contributed by atoms with E-state index in [1.54, 1.807) is 0 Å². The minimum absolute atomic E-state index is 0.0153. The van der Waals surface area contributed by atoms with Crippen molar-refractivity contribution in [3.8, 4) is 0 Å². The molecule has 0 bridgehead atoms. The Morgan fingerprint density at radius 2 is 0.870 bits per heavy atom. The number of hydrogen-bond acceptors (Lipinski definition) is 2. The Bertz CT molecular complexity index is 2720. The molecule has 0 unspecified atom stereocenters. The number of aryl methyl sites for hydroxylation is 4. The fourth-order valence-corrected chi connectivity index (χ4v) is 10.4. The first-order chi connectivity index (χ1) is 26.1. The number of nitrogens with zero attached hydrogens (tertiary/aromatic N) is 2. The maximum Gasteiger partial charge on any atom is 0.252 e. The van der Waals surface area contributed by atoms with Gasteiger partial charge in [-0.2, -0.15) is 0 Å². The normalized spacial score (nSPS) is 15.5. The van der Waals surface area contributed by atoms with Crippen LogP contribution in [0.5, 0.6) is 0 Å². The molecule has 2 aliphatic carbocycles. The van der Waals surface area contributed by atoms with Gasteiger partial charge in [0.05, 0.1) is 11.4 Å². The van der Waals surface area contributed by atoms with Crippen LogP contribution in [-0.2, 0) is 36.5 Å². The summed E-state index contributed by atoms with van der Waals surface area (Å²) in [6, 6.07) is 45.5. The van der Waals surface area contributed by atoms with Gasteiger partial charge < -0.3 is 9.80 Å². The van der Waals surface area contributed by atoms with E-state index in [4.69, 9.17) is 0 Å². The zero-order valence-corrected chi connectivity index (χ0v) is 32.5. The fraction of sp³-hybridized carbons (Fsp3) is 0.255. The minimum Gasteiger partial charge on any atom is -0.311 e. The Labute approximate surface area is 320 Å². The molecule has 2 nitrogen and oxygen atoms in total. The van der Waals surface area contributed by atoms with Crippen LogP contribution in [0.2, 0.25) is 0 Å². The summed E-state index contributed by atoms with van der Waals surface area (Å²) in [7, 11) is 0. The van der Waals surface area contributed by atoms with Gasteiger partial charge in [0.15, 0.2) is 0 Å². The van der Waals surface area contributed by atoms with Crippen molar-refractivity contribution in [2.75, 3.05) is 9.80 Å². The van der Waals surface area contributed by atoms with E-state index >= 15 is 0 Å². The topological polar surface area (TPSA) is 6.48 Å². The lowest BCUT2D eigenvalue weighted by atomic mass is 9.33. The highest BCUT2D eigenvalue weighted by Gasteiger charge is 2.44. The van der Waals surface area contributed by atoms with Crippen molar-refractivity contribution < 1.29 is 0 Å². The van der Waals surface area contributed by atoms with Crippen LogP contribution in [0.3, 0.4) is 0 Å². The Morgan fingerprint density at radius 3 is 1.37 bits per heavy atom.